The van der Waals surface area contributed by atoms with Crippen molar-refractivity contribution >= 4 is 11.8 Å². The summed E-state index contributed by atoms with van der Waals surface area (Å²) in [5.41, 5.74) is 6.25. The molecule has 1 aromatic rings. The zero-order valence-electron chi connectivity index (χ0n) is 14.4. The van der Waals surface area contributed by atoms with Gasteiger partial charge in [-0.3, -0.25) is 14.5 Å². The quantitative estimate of drug-likeness (QED) is 0.757. The van der Waals surface area contributed by atoms with Crippen molar-refractivity contribution in [3.05, 3.63) is 23.8 Å². The van der Waals surface area contributed by atoms with Gasteiger partial charge < -0.3 is 20.5 Å². The Morgan fingerprint density at radius 3 is 2.62 bits per heavy atom. The van der Waals surface area contributed by atoms with Crippen molar-refractivity contribution in [3.63, 3.8) is 0 Å². The van der Waals surface area contributed by atoms with E-state index in [4.69, 9.17) is 15.2 Å². The second-order valence-corrected chi connectivity index (χ2v) is 5.97. The van der Waals surface area contributed by atoms with Crippen molar-refractivity contribution in [2.75, 3.05) is 27.3 Å². The zero-order chi connectivity index (χ0) is 17.7. The third-order valence-electron chi connectivity index (χ3n) is 4.46. The second kappa shape index (κ2) is 8.01. The van der Waals surface area contributed by atoms with Crippen LogP contribution in [0.25, 0.3) is 0 Å². The SMILES string of the molecule is COc1ccc(CNC(=O)C(C)N2CCC(C(N)=O)C2)cc1OC. The molecule has 0 bridgehead atoms. The number of methoxy groups -OCH3 is 2. The molecular weight excluding hydrogens is 310 g/mol. The monoisotopic (exact) mass is 335 g/mol. The third kappa shape index (κ3) is 4.17. The van der Waals surface area contributed by atoms with Crippen molar-refractivity contribution in [1.29, 1.82) is 0 Å². The van der Waals surface area contributed by atoms with Gasteiger partial charge in [0.05, 0.1) is 26.2 Å². The van der Waals surface area contributed by atoms with Crippen molar-refractivity contribution in [2.45, 2.75) is 25.9 Å². The van der Waals surface area contributed by atoms with Crippen LogP contribution in [-0.4, -0.2) is 50.1 Å². The summed E-state index contributed by atoms with van der Waals surface area (Å²) in [5.74, 6) is 0.744. The normalized spacial score (nSPS) is 18.9. The maximum atomic E-state index is 12.3. The molecule has 24 heavy (non-hydrogen) atoms. The van der Waals surface area contributed by atoms with Gasteiger partial charge in [0.1, 0.15) is 0 Å². The molecule has 1 aliphatic rings. The van der Waals surface area contributed by atoms with Crippen LogP contribution in [0.3, 0.4) is 0 Å². The molecule has 2 amide bonds. The average Bonchev–Trinajstić information content (AvgIpc) is 3.08. The van der Waals surface area contributed by atoms with Crippen molar-refractivity contribution in [1.82, 2.24) is 10.2 Å². The van der Waals surface area contributed by atoms with Gasteiger partial charge in [0.15, 0.2) is 11.5 Å². The highest BCUT2D eigenvalue weighted by molar-refractivity contribution is 5.82. The lowest BCUT2D eigenvalue weighted by molar-refractivity contribution is -0.126. The number of carbonyl (C=O) groups excluding carboxylic acids is 2. The van der Waals surface area contributed by atoms with Gasteiger partial charge in [-0.05, 0) is 37.6 Å². The molecule has 1 aromatic carbocycles. The minimum Gasteiger partial charge on any atom is -0.493 e. The molecule has 1 saturated heterocycles. The molecule has 7 heteroatoms. The summed E-state index contributed by atoms with van der Waals surface area (Å²) in [6.07, 6.45) is 0.711. The third-order valence-corrected chi connectivity index (χ3v) is 4.46. The largest absolute Gasteiger partial charge is 0.493 e. The van der Waals surface area contributed by atoms with Gasteiger partial charge in [-0.1, -0.05) is 6.07 Å². The Hall–Kier alpha value is -2.28. The van der Waals surface area contributed by atoms with E-state index in [1.807, 2.05) is 30.0 Å². The minimum atomic E-state index is -0.297. The summed E-state index contributed by atoms with van der Waals surface area (Å²) in [6, 6.07) is 5.23. The Morgan fingerprint density at radius 1 is 1.33 bits per heavy atom. The van der Waals surface area contributed by atoms with Gasteiger partial charge in [0, 0.05) is 13.1 Å². The fraction of sp³-hybridized carbons (Fsp3) is 0.529. The molecule has 2 unspecified atom stereocenters. The first kappa shape index (κ1) is 18.1. The van der Waals surface area contributed by atoms with Gasteiger partial charge in [0.2, 0.25) is 11.8 Å². The first-order chi connectivity index (χ1) is 11.5. The smallest absolute Gasteiger partial charge is 0.237 e. The molecule has 1 fully saturated rings. The van der Waals surface area contributed by atoms with Crippen LogP contribution in [0.5, 0.6) is 11.5 Å². The summed E-state index contributed by atoms with van der Waals surface area (Å²) < 4.78 is 10.5. The summed E-state index contributed by atoms with van der Waals surface area (Å²) in [5, 5.41) is 2.92. The van der Waals surface area contributed by atoms with E-state index in [9.17, 15) is 9.59 Å². The second-order valence-electron chi connectivity index (χ2n) is 5.97. The Kier molecular flexibility index (Phi) is 6.03. The standard InChI is InChI=1S/C17H25N3O4/c1-11(20-7-6-13(10-20)16(18)21)17(22)19-9-12-4-5-14(23-2)15(8-12)24-3/h4-5,8,11,13H,6-7,9-10H2,1-3H3,(H2,18,21)(H,19,22). The molecule has 7 nitrogen and oxygen atoms in total. The Labute approximate surface area is 142 Å². The average molecular weight is 335 g/mol. The van der Waals surface area contributed by atoms with E-state index in [0.717, 1.165) is 5.56 Å². The number of likely N-dealkylation sites (tertiary alicyclic amines) is 1. The van der Waals surface area contributed by atoms with Crippen LogP contribution in [0.1, 0.15) is 18.9 Å². The van der Waals surface area contributed by atoms with Crippen LogP contribution in [0.4, 0.5) is 0 Å². The van der Waals surface area contributed by atoms with Gasteiger partial charge in [-0.2, -0.15) is 0 Å². The van der Waals surface area contributed by atoms with Gasteiger partial charge in [-0.15, -0.1) is 0 Å². The first-order valence-corrected chi connectivity index (χ1v) is 7.98. The molecule has 0 aromatic heterocycles. The summed E-state index contributed by atoms with van der Waals surface area (Å²) >= 11 is 0. The van der Waals surface area contributed by atoms with E-state index >= 15 is 0 Å². The van der Waals surface area contributed by atoms with Crippen LogP contribution in [0, 0.1) is 5.92 Å². The Bertz CT molecular complexity index is 605. The lowest BCUT2D eigenvalue weighted by Crippen LogP contribution is -2.44. The number of ether oxygens (including phenoxy) is 2. The fourth-order valence-corrected chi connectivity index (χ4v) is 2.86. The number of amides is 2. The highest BCUT2D eigenvalue weighted by Gasteiger charge is 2.32. The van der Waals surface area contributed by atoms with Crippen molar-refractivity contribution in [3.8, 4) is 11.5 Å². The van der Waals surface area contributed by atoms with Gasteiger partial charge in [0.25, 0.3) is 0 Å². The molecule has 0 radical (unpaired) electrons. The van der Waals surface area contributed by atoms with E-state index in [1.165, 1.54) is 0 Å². The number of primary amides is 1. The molecule has 1 heterocycles. The predicted molar refractivity (Wildman–Crippen MR) is 89.7 cm³/mol. The summed E-state index contributed by atoms with van der Waals surface area (Å²) in [7, 11) is 3.15. The fourth-order valence-electron chi connectivity index (χ4n) is 2.86. The molecular formula is C17H25N3O4. The zero-order valence-corrected chi connectivity index (χ0v) is 14.4. The van der Waals surface area contributed by atoms with E-state index in [2.05, 4.69) is 5.32 Å². The van der Waals surface area contributed by atoms with Crippen LogP contribution in [0.15, 0.2) is 18.2 Å². The molecule has 132 valence electrons. The first-order valence-electron chi connectivity index (χ1n) is 7.98. The molecule has 0 aliphatic carbocycles. The Balaban J connectivity index is 1.90. The minimum absolute atomic E-state index is 0.0742. The maximum Gasteiger partial charge on any atom is 0.237 e. The van der Waals surface area contributed by atoms with Gasteiger partial charge >= 0.3 is 0 Å². The number of nitrogens with one attached hydrogen (secondary N) is 1. The molecule has 0 saturated carbocycles. The lowest BCUT2D eigenvalue weighted by Gasteiger charge is -2.23. The molecule has 3 N–H and O–H groups in total. The highest BCUT2D eigenvalue weighted by Crippen LogP contribution is 2.27. The lowest BCUT2D eigenvalue weighted by atomic mass is 10.1. The van der Waals surface area contributed by atoms with Gasteiger partial charge in [-0.25, -0.2) is 0 Å². The molecule has 2 atom stereocenters. The van der Waals surface area contributed by atoms with Crippen molar-refractivity contribution in [2.24, 2.45) is 11.7 Å². The highest BCUT2D eigenvalue weighted by atomic mass is 16.5. The summed E-state index contributed by atoms with van der Waals surface area (Å²) in [4.78, 5) is 25.6. The van der Waals surface area contributed by atoms with Crippen LogP contribution >= 0.6 is 0 Å². The number of carbonyl (C=O) groups is 2. The van der Waals surface area contributed by atoms with E-state index in [1.54, 1.807) is 14.2 Å². The molecule has 2 rings (SSSR count). The van der Waals surface area contributed by atoms with Crippen molar-refractivity contribution < 1.29 is 19.1 Å². The van der Waals surface area contributed by atoms with E-state index < -0.39 is 0 Å². The molecule has 0 spiro atoms. The molecule has 1 aliphatic heterocycles. The topological polar surface area (TPSA) is 93.9 Å². The number of nitrogens with two attached hydrogens (primary N) is 1. The van der Waals surface area contributed by atoms with E-state index in [-0.39, 0.29) is 23.8 Å². The number of hydrogen-bond acceptors (Lipinski definition) is 5. The van der Waals surface area contributed by atoms with Crippen LogP contribution in [-0.2, 0) is 16.1 Å². The number of hydrogen-bond donors (Lipinski definition) is 2. The van der Waals surface area contributed by atoms with Crippen LogP contribution in [0.2, 0.25) is 0 Å². The van der Waals surface area contributed by atoms with Crippen LogP contribution < -0.4 is 20.5 Å². The maximum absolute atomic E-state index is 12.3. The van der Waals surface area contributed by atoms with E-state index in [0.29, 0.717) is 37.6 Å². The number of benzene rings is 1. The summed E-state index contributed by atoms with van der Waals surface area (Å²) in [6.45, 7) is 3.49. The predicted octanol–water partition coefficient (Wildman–Crippen LogP) is 0.516. The number of nitrogens with zero attached hydrogens (tertiary/aromatic N) is 1. The number of rotatable bonds is 7. The Morgan fingerprint density at radius 2 is 2.04 bits per heavy atom.